The highest BCUT2D eigenvalue weighted by Gasteiger charge is 2.17. The number of para-hydroxylation sites is 1. The lowest BCUT2D eigenvalue weighted by Crippen LogP contribution is -2.20. The lowest BCUT2D eigenvalue weighted by atomic mass is 10.1. The number of benzene rings is 2. The van der Waals surface area contributed by atoms with E-state index in [9.17, 15) is 4.79 Å². The first kappa shape index (κ1) is 17.7. The molecule has 0 saturated heterocycles. The summed E-state index contributed by atoms with van der Waals surface area (Å²) in [7, 11) is 3.18. The highest BCUT2D eigenvalue weighted by Crippen LogP contribution is 2.40. The van der Waals surface area contributed by atoms with Crippen molar-refractivity contribution in [2.45, 2.75) is 6.54 Å². The molecular weight excluding hydrogens is 334 g/mol. The molecule has 0 aromatic heterocycles. The molecule has 136 valence electrons. The number of carbonyl (C=O) groups excluding carboxylic acids is 1. The first-order chi connectivity index (χ1) is 12.7. The van der Waals surface area contributed by atoms with Crippen molar-refractivity contribution in [3.8, 4) is 23.0 Å². The van der Waals surface area contributed by atoms with Crippen molar-refractivity contribution in [3.05, 3.63) is 53.6 Å². The molecular formula is C20H21NO5. The quantitative estimate of drug-likeness (QED) is 0.807. The van der Waals surface area contributed by atoms with E-state index in [1.54, 1.807) is 26.4 Å². The van der Waals surface area contributed by atoms with Crippen LogP contribution in [0.2, 0.25) is 0 Å². The molecule has 1 N–H and O–H groups in total. The second kappa shape index (κ2) is 8.29. The highest BCUT2D eigenvalue weighted by molar-refractivity contribution is 5.91. The van der Waals surface area contributed by atoms with Gasteiger partial charge in [0, 0.05) is 18.2 Å². The smallest absolute Gasteiger partial charge is 0.244 e. The molecule has 6 heteroatoms. The number of hydrogen-bond donors (Lipinski definition) is 1. The van der Waals surface area contributed by atoms with Gasteiger partial charge in [-0.05, 0) is 29.8 Å². The van der Waals surface area contributed by atoms with E-state index < -0.39 is 0 Å². The Labute approximate surface area is 152 Å². The molecule has 0 saturated carbocycles. The maximum atomic E-state index is 12.1. The number of methoxy groups -OCH3 is 2. The Morgan fingerprint density at radius 2 is 1.88 bits per heavy atom. The zero-order valence-electron chi connectivity index (χ0n) is 14.8. The Balaban J connectivity index is 1.66. The molecule has 0 bridgehead atoms. The number of hydrogen-bond acceptors (Lipinski definition) is 5. The fourth-order valence-corrected chi connectivity index (χ4v) is 2.65. The van der Waals surface area contributed by atoms with E-state index in [4.69, 9.17) is 18.9 Å². The summed E-state index contributed by atoms with van der Waals surface area (Å²) >= 11 is 0. The zero-order valence-corrected chi connectivity index (χ0v) is 14.8. The molecule has 1 amide bonds. The third-order valence-corrected chi connectivity index (χ3v) is 3.92. The molecule has 2 aromatic rings. The molecule has 0 unspecified atom stereocenters. The Morgan fingerprint density at radius 3 is 2.69 bits per heavy atom. The molecule has 1 heterocycles. The SMILES string of the molecule is COc1ccccc1CNC(=O)/C=C/c1cc(OC)c2c(c1)OCCO2. The summed E-state index contributed by atoms with van der Waals surface area (Å²) in [5.74, 6) is 2.33. The van der Waals surface area contributed by atoms with Gasteiger partial charge in [-0.3, -0.25) is 4.79 Å². The van der Waals surface area contributed by atoms with Crippen molar-refractivity contribution >= 4 is 12.0 Å². The Kier molecular flexibility index (Phi) is 5.63. The normalized spacial score (nSPS) is 12.7. The van der Waals surface area contributed by atoms with Gasteiger partial charge >= 0.3 is 0 Å². The van der Waals surface area contributed by atoms with Crippen molar-refractivity contribution in [2.75, 3.05) is 27.4 Å². The van der Waals surface area contributed by atoms with Gasteiger partial charge in [0.05, 0.1) is 14.2 Å². The number of fused-ring (bicyclic) bond motifs is 1. The van der Waals surface area contributed by atoms with Crippen molar-refractivity contribution in [3.63, 3.8) is 0 Å². The molecule has 0 radical (unpaired) electrons. The maximum absolute atomic E-state index is 12.1. The largest absolute Gasteiger partial charge is 0.496 e. The minimum Gasteiger partial charge on any atom is -0.496 e. The van der Waals surface area contributed by atoms with Crippen molar-refractivity contribution in [2.24, 2.45) is 0 Å². The molecule has 0 fully saturated rings. The van der Waals surface area contributed by atoms with Crippen molar-refractivity contribution in [1.82, 2.24) is 5.32 Å². The van der Waals surface area contributed by atoms with Crippen molar-refractivity contribution in [1.29, 1.82) is 0 Å². The predicted molar refractivity (Wildman–Crippen MR) is 97.9 cm³/mol. The average Bonchev–Trinajstić information content (AvgIpc) is 2.70. The Hall–Kier alpha value is -3.15. The average molecular weight is 355 g/mol. The monoisotopic (exact) mass is 355 g/mol. The van der Waals surface area contributed by atoms with E-state index in [1.165, 1.54) is 6.08 Å². The van der Waals surface area contributed by atoms with Crippen LogP contribution in [0.15, 0.2) is 42.5 Å². The zero-order chi connectivity index (χ0) is 18.4. The summed E-state index contributed by atoms with van der Waals surface area (Å²) < 4.78 is 21.8. The Bertz CT molecular complexity index is 799. The van der Waals surface area contributed by atoms with Crippen LogP contribution in [0.1, 0.15) is 11.1 Å². The minimum atomic E-state index is -0.204. The van der Waals surface area contributed by atoms with Gasteiger partial charge in [-0.1, -0.05) is 18.2 Å². The second-order valence-corrected chi connectivity index (χ2v) is 5.61. The summed E-state index contributed by atoms with van der Waals surface area (Å²) in [4.78, 5) is 12.1. The van der Waals surface area contributed by atoms with E-state index >= 15 is 0 Å². The van der Waals surface area contributed by atoms with Gasteiger partial charge in [0.25, 0.3) is 0 Å². The first-order valence-electron chi connectivity index (χ1n) is 8.26. The predicted octanol–water partition coefficient (Wildman–Crippen LogP) is 2.80. The van der Waals surface area contributed by atoms with Gasteiger partial charge in [-0.25, -0.2) is 0 Å². The number of ether oxygens (including phenoxy) is 4. The van der Waals surface area contributed by atoms with Crippen LogP contribution >= 0.6 is 0 Å². The third-order valence-electron chi connectivity index (χ3n) is 3.92. The second-order valence-electron chi connectivity index (χ2n) is 5.61. The van der Waals surface area contributed by atoms with E-state index in [0.717, 1.165) is 16.9 Å². The number of nitrogens with one attached hydrogen (secondary N) is 1. The lowest BCUT2D eigenvalue weighted by Gasteiger charge is -2.20. The number of amides is 1. The standard InChI is InChI=1S/C20H21NO5/c1-23-16-6-4-3-5-15(16)13-21-19(22)8-7-14-11-17(24-2)20-18(12-14)25-9-10-26-20/h3-8,11-12H,9-10,13H2,1-2H3,(H,21,22)/b8-7+. The fourth-order valence-electron chi connectivity index (χ4n) is 2.65. The fraction of sp³-hybridized carbons (Fsp3) is 0.250. The van der Waals surface area contributed by atoms with Crippen LogP contribution in [0.3, 0.4) is 0 Å². The van der Waals surface area contributed by atoms with E-state index in [-0.39, 0.29) is 5.91 Å². The molecule has 26 heavy (non-hydrogen) atoms. The Morgan fingerprint density at radius 1 is 1.12 bits per heavy atom. The van der Waals surface area contributed by atoms with Crippen LogP contribution in [0.5, 0.6) is 23.0 Å². The third kappa shape index (κ3) is 4.08. The molecule has 0 aliphatic carbocycles. The van der Waals surface area contributed by atoms with Gasteiger partial charge in [-0.15, -0.1) is 0 Å². The molecule has 0 spiro atoms. The topological polar surface area (TPSA) is 66.0 Å². The molecule has 2 aromatic carbocycles. The summed E-state index contributed by atoms with van der Waals surface area (Å²) in [5.41, 5.74) is 1.70. The van der Waals surface area contributed by atoms with E-state index in [1.807, 2.05) is 30.3 Å². The van der Waals surface area contributed by atoms with Crippen LogP contribution in [-0.4, -0.2) is 33.3 Å². The lowest BCUT2D eigenvalue weighted by molar-refractivity contribution is -0.116. The molecule has 1 aliphatic heterocycles. The van der Waals surface area contributed by atoms with Crippen LogP contribution in [-0.2, 0) is 11.3 Å². The summed E-state index contributed by atoms with van der Waals surface area (Å²) in [6.07, 6.45) is 3.18. The molecule has 6 nitrogen and oxygen atoms in total. The molecule has 1 aliphatic rings. The van der Waals surface area contributed by atoms with E-state index in [0.29, 0.717) is 37.0 Å². The summed E-state index contributed by atoms with van der Waals surface area (Å²) in [5, 5.41) is 2.84. The molecule has 3 rings (SSSR count). The number of carbonyl (C=O) groups is 1. The van der Waals surface area contributed by atoms with Crippen LogP contribution in [0, 0.1) is 0 Å². The molecule has 0 atom stereocenters. The van der Waals surface area contributed by atoms with Crippen LogP contribution < -0.4 is 24.3 Å². The maximum Gasteiger partial charge on any atom is 0.244 e. The first-order valence-corrected chi connectivity index (χ1v) is 8.26. The van der Waals surface area contributed by atoms with Gasteiger partial charge in [-0.2, -0.15) is 0 Å². The summed E-state index contributed by atoms with van der Waals surface area (Å²) in [6, 6.07) is 11.2. The van der Waals surface area contributed by atoms with Gasteiger partial charge in [0.15, 0.2) is 11.5 Å². The van der Waals surface area contributed by atoms with E-state index in [2.05, 4.69) is 5.32 Å². The van der Waals surface area contributed by atoms with Gasteiger partial charge < -0.3 is 24.3 Å². The van der Waals surface area contributed by atoms with Crippen LogP contribution in [0.25, 0.3) is 6.08 Å². The van der Waals surface area contributed by atoms with Crippen LogP contribution in [0.4, 0.5) is 0 Å². The summed E-state index contributed by atoms with van der Waals surface area (Å²) in [6.45, 7) is 1.37. The van der Waals surface area contributed by atoms with Gasteiger partial charge in [0.2, 0.25) is 11.7 Å². The minimum absolute atomic E-state index is 0.204. The van der Waals surface area contributed by atoms with Gasteiger partial charge in [0.1, 0.15) is 19.0 Å². The number of rotatable bonds is 6. The highest BCUT2D eigenvalue weighted by atomic mass is 16.6. The van der Waals surface area contributed by atoms with Crippen molar-refractivity contribution < 1.29 is 23.7 Å².